The summed E-state index contributed by atoms with van der Waals surface area (Å²) in [5, 5.41) is 8.53. The van der Waals surface area contributed by atoms with Gasteiger partial charge in [0.2, 0.25) is 0 Å². The van der Waals surface area contributed by atoms with E-state index in [0.717, 1.165) is 42.7 Å². The first-order valence-corrected chi connectivity index (χ1v) is 7.63. The molecule has 0 aromatic carbocycles. The van der Waals surface area contributed by atoms with Gasteiger partial charge < -0.3 is 15.4 Å². The summed E-state index contributed by atoms with van der Waals surface area (Å²) in [6, 6.07) is 0. The Balaban J connectivity index is 0.00000220. The summed E-state index contributed by atoms with van der Waals surface area (Å²) in [4.78, 5) is 10.1. The minimum Gasteiger partial charge on any atom is -0.385 e. The van der Waals surface area contributed by atoms with Gasteiger partial charge in [-0.3, -0.25) is 4.40 Å². The third-order valence-corrected chi connectivity index (χ3v) is 3.47. The van der Waals surface area contributed by atoms with Crippen molar-refractivity contribution < 1.29 is 4.74 Å². The molecule has 2 N–H and O–H groups in total. The molecule has 6 nitrogen and oxygen atoms in total. The van der Waals surface area contributed by atoms with E-state index in [0.29, 0.717) is 6.54 Å². The summed E-state index contributed by atoms with van der Waals surface area (Å²) >= 11 is 1.63. The number of rotatable bonds is 7. The summed E-state index contributed by atoms with van der Waals surface area (Å²) in [6.45, 7) is 5.07. The van der Waals surface area contributed by atoms with E-state index in [1.54, 1.807) is 18.4 Å². The molecule has 2 aromatic rings. The number of aromatic nitrogens is 2. The first-order valence-electron chi connectivity index (χ1n) is 6.75. The molecule has 0 unspecified atom stereocenters. The monoisotopic (exact) mass is 423 g/mol. The number of methoxy groups -OCH3 is 1. The van der Waals surface area contributed by atoms with Crippen LogP contribution in [0, 0.1) is 0 Å². The van der Waals surface area contributed by atoms with Gasteiger partial charge in [-0.25, -0.2) is 9.98 Å². The van der Waals surface area contributed by atoms with Crippen LogP contribution in [0.15, 0.2) is 22.8 Å². The summed E-state index contributed by atoms with van der Waals surface area (Å²) < 4.78 is 7.05. The normalized spacial score (nSPS) is 11.4. The number of hydrogen-bond acceptors (Lipinski definition) is 4. The van der Waals surface area contributed by atoms with Gasteiger partial charge >= 0.3 is 0 Å². The molecule has 0 aliphatic carbocycles. The van der Waals surface area contributed by atoms with Crippen LogP contribution >= 0.6 is 35.3 Å². The SMILES string of the molecule is CCNC(=NCc1cn2ccsc2n1)NCCCOC.I. The molecule has 2 aromatic heterocycles. The third-order valence-electron chi connectivity index (χ3n) is 2.70. The molecule has 0 saturated carbocycles. The molecule has 118 valence electrons. The van der Waals surface area contributed by atoms with Gasteiger partial charge in [0.15, 0.2) is 10.9 Å². The lowest BCUT2D eigenvalue weighted by Crippen LogP contribution is -2.38. The second-order valence-corrected chi connectivity index (χ2v) is 5.17. The van der Waals surface area contributed by atoms with Gasteiger partial charge in [0.1, 0.15) is 0 Å². The van der Waals surface area contributed by atoms with Crippen LogP contribution < -0.4 is 10.6 Å². The van der Waals surface area contributed by atoms with E-state index >= 15 is 0 Å². The lowest BCUT2D eigenvalue weighted by atomic mass is 10.4. The Labute approximate surface area is 146 Å². The molecule has 0 radical (unpaired) electrons. The predicted molar refractivity (Wildman–Crippen MR) is 97.8 cm³/mol. The molecule has 0 amide bonds. The Kier molecular flexibility index (Phi) is 8.62. The van der Waals surface area contributed by atoms with Crippen LogP contribution in [-0.4, -0.2) is 42.2 Å². The van der Waals surface area contributed by atoms with Crippen molar-refractivity contribution in [3.63, 3.8) is 0 Å². The van der Waals surface area contributed by atoms with Gasteiger partial charge in [0, 0.05) is 44.6 Å². The van der Waals surface area contributed by atoms with Crippen molar-refractivity contribution in [2.24, 2.45) is 4.99 Å². The molecule has 0 fully saturated rings. The maximum absolute atomic E-state index is 5.03. The maximum atomic E-state index is 5.03. The van der Waals surface area contributed by atoms with Gasteiger partial charge in [-0.05, 0) is 13.3 Å². The smallest absolute Gasteiger partial charge is 0.193 e. The zero-order valence-corrected chi connectivity index (χ0v) is 15.5. The summed E-state index contributed by atoms with van der Waals surface area (Å²) in [6.07, 6.45) is 4.99. The van der Waals surface area contributed by atoms with Gasteiger partial charge in [0.25, 0.3) is 0 Å². The molecule has 0 aliphatic rings. The van der Waals surface area contributed by atoms with Crippen LogP contribution in [0.25, 0.3) is 4.96 Å². The van der Waals surface area contributed by atoms with Crippen LogP contribution in [0.4, 0.5) is 0 Å². The molecule has 0 spiro atoms. The molecular weight excluding hydrogens is 401 g/mol. The number of nitrogens with one attached hydrogen (secondary N) is 2. The fourth-order valence-corrected chi connectivity index (χ4v) is 2.50. The molecule has 0 bridgehead atoms. The lowest BCUT2D eigenvalue weighted by molar-refractivity contribution is 0.195. The van der Waals surface area contributed by atoms with Crippen LogP contribution in [0.3, 0.4) is 0 Å². The lowest BCUT2D eigenvalue weighted by Gasteiger charge is -2.10. The highest BCUT2D eigenvalue weighted by Gasteiger charge is 2.02. The summed E-state index contributed by atoms with van der Waals surface area (Å²) in [5.74, 6) is 0.819. The first-order chi connectivity index (χ1) is 9.83. The second-order valence-electron chi connectivity index (χ2n) is 4.29. The number of halogens is 1. The number of nitrogens with zero attached hydrogens (tertiary/aromatic N) is 3. The molecule has 0 saturated heterocycles. The van der Waals surface area contributed by atoms with Crippen molar-refractivity contribution in [3.8, 4) is 0 Å². The van der Waals surface area contributed by atoms with E-state index in [1.165, 1.54) is 0 Å². The molecule has 2 rings (SSSR count). The topological polar surface area (TPSA) is 63.0 Å². The molecule has 21 heavy (non-hydrogen) atoms. The Morgan fingerprint density at radius 3 is 3.05 bits per heavy atom. The van der Waals surface area contributed by atoms with Crippen LogP contribution in [0.1, 0.15) is 19.0 Å². The van der Waals surface area contributed by atoms with E-state index in [-0.39, 0.29) is 24.0 Å². The Hall–Kier alpha value is -0.870. The number of hydrogen-bond donors (Lipinski definition) is 2. The molecular formula is C13H22IN5OS. The van der Waals surface area contributed by atoms with Crippen molar-refractivity contribution in [2.45, 2.75) is 19.9 Å². The van der Waals surface area contributed by atoms with Gasteiger partial charge in [-0.1, -0.05) is 0 Å². The van der Waals surface area contributed by atoms with Crippen molar-refractivity contribution in [3.05, 3.63) is 23.5 Å². The van der Waals surface area contributed by atoms with E-state index in [9.17, 15) is 0 Å². The van der Waals surface area contributed by atoms with Crippen LogP contribution in [-0.2, 0) is 11.3 Å². The van der Waals surface area contributed by atoms with Gasteiger partial charge in [-0.15, -0.1) is 35.3 Å². The molecule has 0 aliphatic heterocycles. The predicted octanol–water partition coefficient (Wildman–Crippen LogP) is 2.11. The highest BCUT2D eigenvalue weighted by Crippen LogP contribution is 2.11. The van der Waals surface area contributed by atoms with Crippen molar-refractivity contribution in [2.75, 3.05) is 26.8 Å². The second kappa shape index (κ2) is 9.96. The maximum Gasteiger partial charge on any atom is 0.193 e. The minimum atomic E-state index is 0. The number of ether oxygens (including phenoxy) is 1. The average molecular weight is 423 g/mol. The number of guanidine groups is 1. The molecule has 8 heteroatoms. The van der Waals surface area contributed by atoms with Gasteiger partial charge in [0.05, 0.1) is 12.2 Å². The number of aliphatic imine (C=N–C) groups is 1. The third kappa shape index (κ3) is 5.79. The minimum absolute atomic E-state index is 0. The van der Waals surface area contributed by atoms with E-state index in [1.807, 2.05) is 22.2 Å². The standard InChI is InChI=1S/C13H21N5OS.HI/c1-3-14-12(15-5-4-7-19-2)16-9-11-10-18-6-8-20-13(18)17-11;/h6,8,10H,3-5,7,9H2,1-2H3,(H2,14,15,16);1H. The largest absolute Gasteiger partial charge is 0.385 e. The highest BCUT2D eigenvalue weighted by molar-refractivity contribution is 14.0. The summed E-state index contributed by atoms with van der Waals surface area (Å²) in [7, 11) is 1.71. The fourth-order valence-electron chi connectivity index (χ4n) is 1.78. The van der Waals surface area contributed by atoms with Gasteiger partial charge in [-0.2, -0.15) is 0 Å². The van der Waals surface area contributed by atoms with E-state index in [4.69, 9.17) is 4.74 Å². The van der Waals surface area contributed by atoms with E-state index < -0.39 is 0 Å². The van der Waals surface area contributed by atoms with E-state index in [2.05, 4.69) is 27.5 Å². The van der Waals surface area contributed by atoms with Crippen LogP contribution in [0.2, 0.25) is 0 Å². The van der Waals surface area contributed by atoms with Crippen molar-refractivity contribution >= 4 is 46.2 Å². The fraction of sp³-hybridized carbons (Fsp3) is 0.538. The summed E-state index contributed by atoms with van der Waals surface area (Å²) in [5.41, 5.74) is 0.978. The van der Waals surface area contributed by atoms with Crippen molar-refractivity contribution in [1.82, 2.24) is 20.0 Å². The molecule has 0 atom stereocenters. The quantitative estimate of drug-likeness (QED) is 0.310. The average Bonchev–Trinajstić information content (AvgIpc) is 3.01. The van der Waals surface area contributed by atoms with Crippen molar-refractivity contribution in [1.29, 1.82) is 0 Å². The number of fused-ring (bicyclic) bond motifs is 1. The first kappa shape index (κ1) is 18.2. The highest BCUT2D eigenvalue weighted by atomic mass is 127. The Bertz CT molecular complexity index is 525. The molecule has 2 heterocycles. The Morgan fingerprint density at radius 1 is 1.48 bits per heavy atom. The number of thiazole rings is 1. The zero-order chi connectivity index (χ0) is 14.2. The number of imidazole rings is 1. The Morgan fingerprint density at radius 2 is 2.33 bits per heavy atom. The van der Waals surface area contributed by atoms with Crippen LogP contribution in [0.5, 0.6) is 0 Å². The zero-order valence-electron chi connectivity index (χ0n) is 12.3.